The van der Waals surface area contributed by atoms with Crippen molar-refractivity contribution in [1.82, 2.24) is 14.7 Å². The minimum Gasteiger partial charge on any atom is -0.315 e. The molecule has 7 nitrogen and oxygen atoms in total. The molecule has 0 aliphatic rings. The third-order valence-electron chi connectivity index (χ3n) is 5.28. The first-order valence-electron chi connectivity index (χ1n) is 11.4. The van der Waals surface area contributed by atoms with E-state index in [1.807, 2.05) is 56.3 Å². The van der Waals surface area contributed by atoms with Crippen LogP contribution in [-0.4, -0.2) is 39.7 Å². The summed E-state index contributed by atoms with van der Waals surface area (Å²) in [6.45, 7) is 10.4. The topological polar surface area (TPSA) is 79.3 Å². The number of halogens is 1. The monoisotopic (exact) mass is 481 g/mol. The van der Waals surface area contributed by atoms with Crippen LogP contribution in [0.4, 0.5) is 16.3 Å². The van der Waals surface area contributed by atoms with E-state index in [9.17, 15) is 9.59 Å². The standard InChI is InChI=1S/C26H32ClN5O2/c1-6-14-31(25(34)28-19-13-12-18(2)21(27)15-19)17-24(33)29-23-16-22(26(3,4)5)30-32(23)20-10-8-7-9-11-20/h7-13,15-16H,6,14,17H2,1-5H3,(H,28,34)(H,29,33). The number of urea groups is 1. The van der Waals surface area contributed by atoms with Crippen LogP contribution < -0.4 is 10.6 Å². The number of carbonyl (C=O) groups excluding carboxylic acids is 2. The summed E-state index contributed by atoms with van der Waals surface area (Å²) in [7, 11) is 0. The van der Waals surface area contributed by atoms with Crippen molar-refractivity contribution >= 4 is 35.0 Å². The number of aryl methyl sites for hydroxylation is 1. The van der Waals surface area contributed by atoms with E-state index in [2.05, 4.69) is 31.4 Å². The van der Waals surface area contributed by atoms with Gasteiger partial charge in [0.15, 0.2) is 0 Å². The number of nitrogens with zero attached hydrogens (tertiary/aromatic N) is 3. The summed E-state index contributed by atoms with van der Waals surface area (Å²) < 4.78 is 1.72. The zero-order valence-corrected chi connectivity index (χ0v) is 21.1. The molecule has 0 fully saturated rings. The van der Waals surface area contributed by atoms with E-state index in [4.69, 9.17) is 16.7 Å². The minimum atomic E-state index is -0.358. The van der Waals surface area contributed by atoms with Gasteiger partial charge in [0.1, 0.15) is 12.4 Å². The smallest absolute Gasteiger partial charge is 0.315 e. The summed E-state index contributed by atoms with van der Waals surface area (Å²) in [5.74, 6) is 0.256. The fraction of sp³-hybridized carbons (Fsp3) is 0.346. The number of anilines is 2. The van der Waals surface area contributed by atoms with E-state index in [1.165, 1.54) is 4.90 Å². The van der Waals surface area contributed by atoms with Gasteiger partial charge in [-0.3, -0.25) is 4.79 Å². The van der Waals surface area contributed by atoms with E-state index in [0.717, 1.165) is 16.9 Å². The summed E-state index contributed by atoms with van der Waals surface area (Å²) >= 11 is 6.17. The number of rotatable bonds is 7. The Kier molecular flexibility index (Phi) is 7.99. The molecule has 0 aliphatic heterocycles. The van der Waals surface area contributed by atoms with E-state index >= 15 is 0 Å². The van der Waals surface area contributed by atoms with Crippen LogP contribution in [-0.2, 0) is 10.2 Å². The van der Waals surface area contributed by atoms with E-state index in [0.29, 0.717) is 29.5 Å². The second kappa shape index (κ2) is 10.7. The molecule has 0 atom stereocenters. The molecule has 3 aromatic rings. The van der Waals surface area contributed by atoms with Gasteiger partial charge in [0.05, 0.1) is 11.4 Å². The van der Waals surface area contributed by atoms with Gasteiger partial charge in [0.25, 0.3) is 0 Å². The van der Waals surface area contributed by atoms with Crippen molar-refractivity contribution in [2.45, 2.75) is 46.5 Å². The molecule has 1 heterocycles. The maximum Gasteiger partial charge on any atom is 0.322 e. The number of nitrogens with one attached hydrogen (secondary N) is 2. The van der Waals surface area contributed by atoms with Gasteiger partial charge in [-0.2, -0.15) is 5.10 Å². The third kappa shape index (κ3) is 6.38. The van der Waals surface area contributed by atoms with Gasteiger partial charge in [-0.15, -0.1) is 0 Å². The van der Waals surface area contributed by atoms with E-state index in [1.54, 1.807) is 16.8 Å². The Labute approximate surface area is 206 Å². The maximum absolute atomic E-state index is 13.0. The number of hydrogen-bond donors (Lipinski definition) is 2. The molecule has 2 aromatic carbocycles. The first kappa shape index (κ1) is 25.3. The predicted octanol–water partition coefficient (Wildman–Crippen LogP) is 6.01. The first-order chi connectivity index (χ1) is 16.1. The molecule has 3 rings (SSSR count). The van der Waals surface area contributed by atoms with Crippen LogP contribution in [0.15, 0.2) is 54.6 Å². The Morgan fingerprint density at radius 3 is 2.38 bits per heavy atom. The molecule has 0 spiro atoms. The Bertz CT molecular complexity index is 1150. The van der Waals surface area contributed by atoms with Crippen molar-refractivity contribution in [3.8, 4) is 5.69 Å². The van der Waals surface area contributed by atoms with Crippen LogP contribution in [0.5, 0.6) is 0 Å². The van der Waals surface area contributed by atoms with Crippen LogP contribution in [0.25, 0.3) is 5.69 Å². The van der Waals surface area contributed by atoms with Gasteiger partial charge >= 0.3 is 6.03 Å². The second-order valence-corrected chi connectivity index (χ2v) is 9.68. The van der Waals surface area contributed by atoms with Crippen molar-refractivity contribution in [2.75, 3.05) is 23.7 Å². The number of amides is 3. The molecular weight excluding hydrogens is 450 g/mol. The molecule has 2 N–H and O–H groups in total. The van der Waals surface area contributed by atoms with E-state index in [-0.39, 0.29) is 23.9 Å². The summed E-state index contributed by atoms with van der Waals surface area (Å²) in [4.78, 5) is 27.4. The number of hydrogen-bond acceptors (Lipinski definition) is 3. The third-order valence-corrected chi connectivity index (χ3v) is 5.69. The summed E-state index contributed by atoms with van der Waals surface area (Å²) in [5, 5.41) is 11.1. The molecule has 0 saturated heterocycles. The Morgan fingerprint density at radius 2 is 1.76 bits per heavy atom. The quantitative estimate of drug-likeness (QED) is 0.433. The van der Waals surface area contributed by atoms with Crippen molar-refractivity contribution < 1.29 is 9.59 Å². The molecule has 0 radical (unpaired) electrons. The first-order valence-corrected chi connectivity index (χ1v) is 11.7. The highest BCUT2D eigenvalue weighted by Crippen LogP contribution is 2.26. The molecule has 8 heteroatoms. The van der Waals surface area contributed by atoms with Crippen molar-refractivity contribution in [1.29, 1.82) is 0 Å². The fourth-order valence-corrected chi connectivity index (χ4v) is 3.53. The SMILES string of the molecule is CCCN(CC(=O)Nc1cc(C(C)(C)C)nn1-c1ccccc1)C(=O)Nc1ccc(C)c(Cl)c1. The molecule has 0 aliphatic carbocycles. The van der Waals surface area contributed by atoms with E-state index < -0.39 is 0 Å². The number of carbonyl (C=O) groups is 2. The van der Waals surface area contributed by atoms with Gasteiger partial charge in [-0.25, -0.2) is 9.48 Å². The van der Waals surface area contributed by atoms with Crippen LogP contribution in [0, 0.1) is 6.92 Å². The predicted molar refractivity (Wildman–Crippen MR) is 138 cm³/mol. The maximum atomic E-state index is 13.0. The van der Waals surface area contributed by atoms with Gasteiger partial charge < -0.3 is 15.5 Å². The highest BCUT2D eigenvalue weighted by molar-refractivity contribution is 6.31. The van der Waals surface area contributed by atoms with Crippen LogP contribution in [0.3, 0.4) is 0 Å². The lowest BCUT2D eigenvalue weighted by Gasteiger charge is -2.22. The zero-order chi connectivity index (χ0) is 24.9. The lowest BCUT2D eigenvalue weighted by Crippen LogP contribution is -2.41. The minimum absolute atomic E-state index is 0.0932. The van der Waals surface area contributed by atoms with Crippen molar-refractivity contribution in [2.24, 2.45) is 0 Å². The Balaban J connectivity index is 1.77. The normalized spacial score (nSPS) is 11.2. The fourth-order valence-electron chi connectivity index (χ4n) is 3.35. The zero-order valence-electron chi connectivity index (χ0n) is 20.4. The average molecular weight is 482 g/mol. The molecule has 1 aromatic heterocycles. The molecule has 0 bridgehead atoms. The highest BCUT2D eigenvalue weighted by Gasteiger charge is 2.23. The van der Waals surface area contributed by atoms with Gasteiger partial charge in [0, 0.05) is 28.7 Å². The van der Waals surface area contributed by atoms with Crippen molar-refractivity contribution in [3.63, 3.8) is 0 Å². The molecular formula is C26H32ClN5O2. The summed E-state index contributed by atoms with van der Waals surface area (Å²) in [6, 6.07) is 16.5. The molecule has 0 unspecified atom stereocenters. The number of aromatic nitrogens is 2. The molecule has 0 saturated carbocycles. The van der Waals surface area contributed by atoms with Gasteiger partial charge in [-0.05, 0) is 43.2 Å². The Morgan fingerprint density at radius 1 is 1.06 bits per heavy atom. The summed E-state index contributed by atoms with van der Waals surface area (Å²) in [6.07, 6.45) is 0.714. The lowest BCUT2D eigenvalue weighted by atomic mass is 9.92. The second-order valence-electron chi connectivity index (χ2n) is 9.28. The van der Waals surface area contributed by atoms with Crippen LogP contribution in [0.1, 0.15) is 45.4 Å². The highest BCUT2D eigenvalue weighted by atomic mass is 35.5. The molecule has 3 amide bonds. The van der Waals surface area contributed by atoms with Gasteiger partial charge in [0.2, 0.25) is 5.91 Å². The molecule has 180 valence electrons. The van der Waals surface area contributed by atoms with Crippen LogP contribution in [0.2, 0.25) is 5.02 Å². The van der Waals surface area contributed by atoms with Gasteiger partial charge in [-0.1, -0.05) is 63.6 Å². The average Bonchev–Trinajstić information content (AvgIpc) is 3.21. The number of para-hydroxylation sites is 1. The van der Waals surface area contributed by atoms with Crippen LogP contribution >= 0.6 is 11.6 Å². The largest absolute Gasteiger partial charge is 0.322 e. The van der Waals surface area contributed by atoms with Crippen molar-refractivity contribution in [3.05, 3.63) is 70.9 Å². The lowest BCUT2D eigenvalue weighted by molar-refractivity contribution is -0.116. The Hall–Kier alpha value is -3.32. The summed E-state index contributed by atoms with van der Waals surface area (Å²) in [5.41, 5.74) is 3.01. The number of benzene rings is 2. The molecule has 34 heavy (non-hydrogen) atoms.